The average Bonchev–Trinajstić information content (AvgIpc) is 2.69. The molecule has 0 aromatic carbocycles. The first kappa shape index (κ1) is 11.6. The van der Waals surface area contributed by atoms with Crippen LogP contribution < -0.4 is 11.1 Å². The van der Waals surface area contributed by atoms with Crippen molar-refractivity contribution < 1.29 is 0 Å². The highest BCUT2D eigenvalue weighted by molar-refractivity contribution is 5.17. The third-order valence-electron chi connectivity index (χ3n) is 3.45. The lowest BCUT2D eigenvalue weighted by Crippen LogP contribution is -2.30. The molecule has 0 spiro atoms. The van der Waals surface area contributed by atoms with Crippen LogP contribution in [0.4, 0.5) is 0 Å². The second kappa shape index (κ2) is 5.46. The van der Waals surface area contributed by atoms with E-state index in [1.807, 2.05) is 6.20 Å². The molecule has 0 aliphatic carbocycles. The highest BCUT2D eigenvalue weighted by Gasteiger charge is 2.18. The number of aromatic nitrogens is 2. The largest absolute Gasteiger partial charge is 0.330 e. The van der Waals surface area contributed by atoms with Crippen molar-refractivity contribution in [2.24, 2.45) is 5.73 Å². The number of hydrogen-bond donors (Lipinski definition) is 2. The van der Waals surface area contributed by atoms with Gasteiger partial charge in [0.05, 0.1) is 12.2 Å². The van der Waals surface area contributed by atoms with Crippen LogP contribution in [0.2, 0.25) is 0 Å². The number of nitrogens with one attached hydrogen (secondary N) is 1. The molecule has 1 aliphatic heterocycles. The number of rotatable bonds is 4. The molecule has 4 heteroatoms. The summed E-state index contributed by atoms with van der Waals surface area (Å²) in [4.78, 5) is 0. The monoisotopic (exact) mass is 222 g/mol. The summed E-state index contributed by atoms with van der Waals surface area (Å²) in [5, 5.41) is 7.93. The van der Waals surface area contributed by atoms with E-state index in [0.717, 1.165) is 32.5 Å². The van der Waals surface area contributed by atoms with Gasteiger partial charge in [-0.2, -0.15) is 5.10 Å². The molecule has 1 fully saturated rings. The van der Waals surface area contributed by atoms with Crippen molar-refractivity contribution in [2.45, 2.75) is 38.6 Å². The molecule has 0 amide bonds. The molecule has 1 aromatic rings. The third-order valence-corrected chi connectivity index (χ3v) is 3.45. The fraction of sp³-hybridized carbons (Fsp3) is 0.750. The van der Waals surface area contributed by atoms with E-state index in [2.05, 4.69) is 22.0 Å². The summed E-state index contributed by atoms with van der Waals surface area (Å²) in [5.74, 6) is 0. The summed E-state index contributed by atoms with van der Waals surface area (Å²) in [5.41, 5.74) is 8.24. The van der Waals surface area contributed by atoms with Gasteiger partial charge >= 0.3 is 0 Å². The molecule has 0 bridgehead atoms. The summed E-state index contributed by atoms with van der Waals surface area (Å²) in [6.45, 7) is 5.17. The van der Waals surface area contributed by atoms with E-state index in [0.29, 0.717) is 6.04 Å². The van der Waals surface area contributed by atoms with Gasteiger partial charge in [0.1, 0.15) is 0 Å². The molecular formula is C12H22N4. The lowest BCUT2D eigenvalue weighted by atomic mass is 10.1. The molecule has 16 heavy (non-hydrogen) atoms. The maximum Gasteiger partial charge on any atom is 0.0546 e. The van der Waals surface area contributed by atoms with Crippen LogP contribution in [-0.4, -0.2) is 29.4 Å². The van der Waals surface area contributed by atoms with E-state index in [9.17, 15) is 0 Å². The van der Waals surface area contributed by atoms with Crippen LogP contribution >= 0.6 is 0 Å². The van der Waals surface area contributed by atoms with E-state index < -0.39 is 0 Å². The number of nitrogens with zero attached hydrogens (tertiary/aromatic N) is 2. The molecule has 1 saturated heterocycles. The molecule has 1 aliphatic rings. The first-order valence-corrected chi connectivity index (χ1v) is 6.26. The standard InChI is InChI=1S/C12H22N4/c1-10-11(3-2-6-13)9-15-16(10)12-4-7-14-8-5-12/h9,12,14H,2-8,13H2,1H3. The summed E-state index contributed by atoms with van der Waals surface area (Å²) in [7, 11) is 0. The maximum atomic E-state index is 5.54. The molecule has 0 atom stereocenters. The zero-order valence-electron chi connectivity index (χ0n) is 10.1. The molecule has 2 heterocycles. The van der Waals surface area contributed by atoms with Crippen LogP contribution in [0.25, 0.3) is 0 Å². The van der Waals surface area contributed by atoms with Crippen molar-refractivity contribution in [3.63, 3.8) is 0 Å². The molecule has 1 aromatic heterocycles. The van der Waals surface area contributed by atoms with E-state index in [4.69, 9.17) is 5.73 Å². The van der Waals surface area contributed by atoms with E-state index >= 15 is 0 Å². The van der Waals surface area contributed by atoms with E-state index in [-0.39, 0.29) is 0 Å². The molecule has 0 saturated carbocycles. The fourth-order valence-electron chi connectivity index (χ4n) is 2.42. The van der Waals surface area contributed by atoms with Crippen molar-refractivity contribution in [2.75, 3.05) is 19.6 Å². The Hall–Kier alpha value is -0.870. The Balaban J connectivity index is 2.06. The summed E-state index contributed by atoms with van der Waals surface area (Å²) in [6, 6.07) is 0.591. The van der Waals surface area contributed by atoms with Crippen molar-refractivity contribution >= 4 is 0 Å². The lowest BCUT2D eigenvalue weighted by Gasteiger charge is -2.24. The van der Waals surface area contributed by atoms with Crippen LogP contribution in [0.3, 0.4) is 0 Å². The smallest absolute Gasteiger partial charge is 0.0546 e. The minimum atomic E-state index is 0.591. The van der Waals surface area contributed by atoms with Gasteiger partial charge in [-0.05, 0) is 57.8 Å². The summed E-state index contributed by atoms with van der Waals surface area (Å²) >= 11 is 0. The predicted molar refractivity (Wildman–Crippen MR) is 65.5 cm³/mol. The second-order valence-electron chi connectivity index (χ2n) is 4.57. The van der Waals surface area contributed by atoms with Crippen LogP contribution in [0.15, 0.2) is 6.20 Å². The molecule has 0 unspecified atom stereocenters. The third kappa shape index (κ3) is 2.44. The molecule has 90 valence electrons. The topological polar surface area (TPSA) is 55.9 Å². The van der Waals surface area contributed by atoms with Crippen LogP contribution in [0.1, 0.15) is 36.6 Å². The summed E-state index contributed by atoms with van der Waals surface area (Å²) in [6.07, 6.45) is 6.52. The maximum absolute atomic E-state index is 5.54. The van der Waals surface area contributed by atoms with Gasteiger partial charge < -0.3 is 11.1 Å². The highest BCUT2D eigenvalue weighted by atomic mass is 15.3. The minimum Gasteiger partial charge on any atom is -0.330 e. The van der Waals surface area contributed by atoms with Gasteiger partial charge in [-0.1, -0.05) is 0 Å². The molecule has 2 rings (SSSR count). The Bertz CT molecular complexity index is 326. The van der Waals surface area contributed by atoms with Gasteiger partial charge in [-0.15, -0.1) is 0 Å². The van der Waals surface area contributed by atoms with Crippen molar-refractivity contribution in [1.29, 1.82) is 0 Å². The highest BCUT2D eigenvalue weighted by Crippen LogP contribution is 2.21. The minimum absolute atomic E-state index is 0.591. The SMILES string of the molecule is Cc1c(CCCN)cnn1C1CCNCC1. The zero-order valence-corrected chi connectivity index (χ0v) is 10.1. The second-order valence-corrected chi connectivity index (χ2v) is 4.57. The van der Waals surface area contributed by atoms with Crippen molar-refractivity contribution in [1.82, 2.24) is 15.1 Å². The van der Waals surface area contributed by atoms with Crippen LogP contribution in [0, 0.1) is 6.92 Å². The van der Waals surface area contributed by atoms with Gasteiger partial charge in [0.15, 0.2) is 0 Å². The Morgan fingerprint density at radius 2 is 2.25 bits per heavy atom. The van der Waals surface area contributed by atoms with Gasteiger partial charge in [0.25, 0.3) is 0 Å². The van der Waals surface area contributed by atoms with Crippen LogP contribution in [-0.2, 0) is 6.42 Å². The number of aryl methyl sites for hydroxylation is 1. The van der Waals surface area contributed by atoms with Gasteiger partial charge in [-0.3, -0.25) is 4.68 Å². The number of hydrogen-bond acceptors (Lipinski definition) is 3. The predicted octanol–water partition coefficient (Wildman–Crippen LogP) is 1.01. The number of piperidine rings is 1. The average molecular weight is 222 g/mol. The molecule has 3 N–H and O–H groups in total. The first-order valence-electron chi connectivity index (χ1n) is 6.26. The Kier molecular flexibility index (Phi) is 3.96. The molecule has 4 nitrogen and oxygen atoms in total. The zero-order chi connectivity index (χ0) is 11.4. The van der Waals surface area contributed by atoms with Gasteiger partial charge in [-0.25, -0.2) is 0 Å². The number of nitrogens with two attached hydrogens (primary N) is 1. The van der Waals surface area contributed by atoms with Gasteiger partial charge in [0, 0.05) is 5.69 Å². The van der Waals surface area contributed by atoms with E-state index in [1.165, 1.54) is 24.1 Å². The van der Waals surface area contributed by atoms with Crippen molar-refractivity contribution in [3.8, 4) is 0 Å². The quantitative estimate of drug-likeness (QED) is 0.799. The lowest BCUT2D eigenvalue weighted by molar-refractivity contribution is 0.338. The van der Waals surface area contributed by atoms with Crippen LogP contribution in [0.5, 0.6) is 0 Å². The summed E-state index contributed by atoms with van der Waals surface area (Å²) < 4.78 is 2.21. The Morgan fingerprint density at radius 3 is 2.94 bits per heavy atom. The van der Waals surface area contributed by atoms with Crippen molar-refractivity contribution in [3.05, 3.63) is 17.5 Å². The normalized spacial score (nSPS) is 17.9. The Morgan fingerprint density at radius 1 is 1.50 bits per heavy atom. The molecular weight excluding hydrogens is 200 g/mol. The van der Waals surface area contributed by atoms with E-state index in [1.54, 1.807) is 0 Å². The first-order chi connectivity index (χ1) is 7.83. The Labute approximate surface area is 97.2 Å². The fourth-order valence-corrected chi connectivity index (χ4v) is 2.42. The van der Waals surface area contributed by atoms with Gasteiger partial charge in [0.2, 0.25) is 0 Å². The molecule has 0 radical (unpaired) electrons.